The summed E-state index contributed by atoms with van der Waals surface area (Å²) in [6.45, 7) is 2.33. The first kappa shape index (κ1) is 17.2. The molecule has 0 spiro atoms. The van der Waals surface area contributed by atoms with E-state index in [0.717, 1.165) is 11.1 Å². The Morgan fingerprint density at radius 3 is 2.30 bits per heavy atom. The Morgan fingerprint density at radius 2 is 1.70 bits per heavy atom. The quantitative estimate of drug-likeness (QED) is 0.849. The first-order valence-corrected chi connectivity index (χ1v) is 8.89. The standard InChI is InChI=1S/C17H20N2O3S/c1-13-4-3-5-16(10-13)17(20)19-11-14-6-8-15(9-7-14)12-23(21,22)18-2/h3-10,18H,11-12H2,1-2H3,(H,19,20). The van der Waals surface area contributed by atoms with Crippen molar-refractivity contribution in [2.24, 2.45) is 0 Å². The summed E-state index contributed by atoms with van der Waals surface area (Å²) in [5.74, 6) is -0.185. The van der Waals surface area contributed by atoms with E-state index < -0.39 is 10.0 Å². The number of carbonyl (C=O) groups excluding carboxylic acids is 1. The van der Waals surface area contributed by atoms with Crippen LogP contribution in [0, 0.1) is 6.92 Å². The molecule has 0 saturated heterocycles. The van der Waals surface area contributed by atoms with Crippen LogP contribution in [-0.2, 0) is 22.3 Å². The van der Waals surface area contributed by atoms with Crippen LogP contribution in [0.15, 0.2) is 48.5 Å². The highest BCUT2D eigenvalue weighted by Gasteiger charge is 2.09. The van der Waals surface area contributed by atoms with Gasteiger partial charge < -0.3 is 5.32 Å². The maximum Gasteiger partial charge on any atom is 0.251 e. The predicted molar refractivity (Wildman–Crippen MR) is 90.5 cm³/mol. The summed E-state index contributed by atoms with van der Waals surface area (Å²) in [5, 5.41) is 2.85. The van der Waals surface area contributed by atoms with Crippen LogP contribution in [0.25, 0.3) is 0 Å². The molecule has 2 rings (SSSR count). The van der Waals surface area contributed by atoms with Crippen molar-refractivity contribution in [3.05, 3.63) is 70.8 Å². The van der Waals surface area contributed by atoms with Crippen LogP contribution in [0.5, 0.6) is 0 Å². The number of nitrogens with one attached hydrogen (secondary N) is 2. The Morgan fingerprint density at radius 1 is 1.04 bits per heavy atom. The summed E-state index contributed by atoms with van der Waals surface area (Å²) in [6.07, 6.45) is 0. The number of rotatable bonds is 6. The molecular formula is C17H20N2O3S. The smallest absolute Gasteiger partial charge is 0.251 e. The van der Waals surface area contributed by atoms with E-state index in [9.17, 15) is 13.2 Å². The van der Waals surface area contributed by atoms with Gasteiger partial charge in [0.05, 0.1) is 5.75 Å². The number of hydrogen-bond donors (Lipinski definition) is 2. The molecule has 5 nitrogen and oxygen atoms in total. The maximum atomic E-state index is 12.1. The number of amides is 1. The molecule has 0 bridgehead atoms. The Labute approximate surface area is 136 Å². The summed E-state index contributed by atoms with van der Waals surface area (Å²) in [6, 6.07) is 14.5. The second kappa shape index (κ2) is 7.39. The Kier molecular flexibility index (Phi) is 5.52. The average molecular weight is 332 g/mol. The van der Waals surface area contributed by atoms with Crippen molar-refractivity contribution in [1.29, 1.82) is 0 Å². The third kappa shape index (κ3) is 5.19. The molecule has 2 N–H and O–H groups in total. The van der Waals surface area contributed by atoms with Crippen LogP contribution in [-0.4, -0.2) is 21.4 Å². The van der Waals surface area contributed by atoms with Gasteiger partial charge in [-0.1, -0.05) is 42.0 Å². The molecule has 0 aliphatic carbocycles. The normalized spacial score (nSPS) is 11.2. The van der Waals surface area contributed by atoms with Crippen LogP contribution in [0.1, 0.15) is 27.0 Å². The molecule has 0 atom stereocenters. The highest BCUT2D eigenvalue weighted by molar-refractivity contribution is 7.88. The summed E-state index contributed by atoms with van der Waals surface area (Å²) < 4.78 is 25.3. The van der Waals surface area contributed by atoms with E-state index >= 15 is 0 Å². The SMILES string of the molecule is CNS(=O)(=O)Cc1ccc(CNC(=O)c2cccc(C)c2)cc1. The first-order chi connectivity index (χ1) is 10.9. The highest BCUT2D eigenvalue weighted by Crippen LogP contribution is 2.08. The largest absolute Gasteiger partial charge is 0.348 e. The minimum Gasteiger partial charge on any atom is -0.348 e. The molecule has 2 aromatic carbocycles. The zero-order valence-electron chi connectivity index (χ0n) is 13.2. The van der Waals surface area contributed by atoms with Gasteiger partial charge in [-0.15, -0.1) is 0 Å². The zero-order valence-corrected chi connectivity index (χ0v) is 14.0. The van der Waals surface area contributed by atoms with E-state index in [2.05, 4.69) is 10.0 Å². The molecule has 0 aliphatic heterocycles. The van der Waals surface area contributed by atoms with Crippen molar-refractivity contribution < 1.29 is 13.2 Å². The van der Waals surface area contributed by atoms with Gasteiger partial charge in [-0.25, -0.2) is 13.1 Å². The molecule has 2 aromatic rings. The fourth-order valence-corrected chi connectivity index (χ4v) is 2.89. The number of hydrogen-bond acceptors (Lipinski definition) is 3. The van der Waals surface area contributed by atoms with E-state index in [1.54, 1.807) is 18.2 Å². The Balaban J connectivity index is 1.95. The second-order valence-corrected chi connectivity index (χ2v) is 7.26. The minimum atomic E-state index is -3.27. The van der Waals surface area contributed by atoms with Crippen molar-refractivity contribution in [3.63, 3.8) is 0 Å². The van der Waals surface area contributed by atoms with Gasteiger partial charge >= 0.3 is 0 Å². The molecular weight excluding hydrogens is 312 g/mol. The van der Waals surface area contributed by atoms with Crippen LogP contribution in [0.4, 0.5) is 0 Å². The molecule has 0 heterocycles. The monoisotopic (exact) mass is 332 g/mol. The van der Waals surface area contributed by atoms with E-state index in [1.165, 1.54) is 7.05 Å². The van der Waals surface area contributed by atoms with Gasteiger partial charge in [0.1, 0.15) is 0 Å². The van der Waals surface area contributed by atoms with Crippen molar-refractivity contribution in [2.45, 2.75) is 19.2 Å². The average Bonchev–Trinajstić information content (AvgIpc) is 2.53. The van der Waals surface area contributed by atoms with Crippen molar-refractivity contribution in [2.75, 3.05) is 7.05 Å². The fourth-order valence-electron chi connectivity index (χ4n) is 2.12. The van der Waals surface area contributed by atoms with Crippen LogP contribution in [0.2, 0.25) is 0 Å². The number of aryl methyl sites for hydroxylation is 1. The van der Waals surface area contributed by atoms with Gasteiger partial charge in [-0.05, 0) is 37.2 Å². The molecule has 0 saturated carbocycles. The van der Waals surface area contributed by atoms with Gasteiger partial charge in [0, 0.05) is 12.1 Å². The molecule has 23 heavy (non-hydrogen) atoms. The summed E-state index contributed by atoms with van der Waals surface area (Å²) in [7, 11) is -1.88. The zero-order chi connectivity index (χ0) is 16.9. The number of carbonyl (C=O) groups is 1. The molecule has 6 heteroatoms. The van der Waals surface area contributed by atoms with Crippen molar-refractivity contribution >= 4 is 15.9 Å². The van der Waals surface area contributed by atoms with E-state index in [4.69, 9.17) is 0 Å². The molecule has 122 valence electrons. The molecule has 0 radical (unpaired) electrons. The number of benzene rings is 2. The highest BCUT2D eigenvalue weighted by atomic mass is 32.2. The van der Waals surface area contributed by atoms with Crippen molar-refractivity contribution in [3.8, 4) is 0 Å². The Hall–Kier alpha value is -2.18. The third-order valence-corrected chi connectivity index (χ3v) is 4.76. The van der Waals surface area contributed by atoms with Gasteiger partial charge in [0.25, 0.3) is 5.91 Å². The van der Waals surface area contributed by atoms with Gasteiger partial charge in [-0.2, -0.15) is 0 Å². The summed E-state index contributed by atoms with van der Waals surface area (Å²) in [5.41, 5.74) is 3.28. The van der Waals surface area contributed by atoms with E-state index in [0.29, 0.717) is 17.7 Å². The lowest BCUT2D eigenvalue weighted by Crippen LogP contribution is -2.23. The lowest BCUT2D eigenvalue weighted by molar-refractivity contribution is 0.0951. The molecule has 1 amide bonds. The van der Waals surface area contributed by atoms with Gasteiger partial charge in [-0.3, -0.25) is 4.79 Å². The molecule has 0 fully saturated rings. The first-order valence-electron chi connectivity index (χ1n) is 7.23. The molecule has 0 unspecified atom stereocenters. The van der Waals surface area contributed by atoms with Crippen LogP contribution < -0.4 is 10.0 Å². The van der Waals surface area contributed by atoms with Crippen LogP contribution in [0.3, 0.4) is 0 Å². The number of sulfonamides is 1. The third-order valence-electron chi connectivity index (χ3n) is 3.42. The lowest BCUT2D eigenvalue weighted by atomic mass is 10.1. The van der Waals surface area contributed by atoms with E-state index in [1.807, 2.05) is 37.3 Å². The van der Waals surface area contributed by atoms with Crippen molar-refractivity contribution in [1.82, 2.24) is 10.0 Å². The van der Waals surface area contributed by atoms with Gasteiger partial charge in [0.15, 0.2) is 0 Å². The summed E-state index contributed by atoms with van der Waals surface area (Å²) >= 11 is 0. The Bertz CT molecular complexity index is 784. The fraction of sp³-hybridized carbons (Fsp3) is 0.235. The molecule has 0 aliphatic rings. The maximum absolute atomic E-state index is 12.1. The lowest BCUT2D eigenvalue weighted by Gasteiger charge is -2.07. The summed E-state index contributed by atoms with van der Waals surface area (Å²) in [4.78, 5) is 12.1. The predicted octanol–water partition coefficient (Wildman–Crippen LogP) is 1.97. The van der Waals surface area contributed by atoms with Crippen LogP contribution >= 0.6 is 0 Å². The van der Waals surface area contributed by atoms with E-state index in [-0.39, 0.29) is 11.7 Å². The second-order valence-electron chi connectivity index (χ2n) is 5.33. The molecule has 0 aromatic heterocycles. The minimum absolute atomic E-state index is 0.0561. The topological polar surface area (TPSA) is 75.3 Å². The van der Waals surface area contributed by atoms with Gasteiger partial charge in [0.2, 0.25) is 10.0 Å².